The molecule has 2 aromatic rings. The first-order chi connectivity index (χ1) is 13.1. The number of methoxy groups -OCH3 is 1. The van der Waals surface area contributed by atoms with E-state index in [9.17, 15) is 9.59 Å². The van der Waals surface area contributed by atoms with Crippen molar-refractivity contribution < 1.29 is 9.53 Å². The van der Waals surface area contributed by atoms with Crippen LogP contribution in [0.15, 0.2) is 46.8 Å². The van der Waals surface area contributed by atoms with Crippen LogP contribution in [0, 0.1) is 0 Å². The van der Waals surface area contributed by atoms with Crippen molar-refractivity contribution in [3.8, 4) is 0 Å². The Labute approximate surface area is 165 Å². The molecule has 1 saturated heterocycles. The molecular formula is C18H18N4O3S2. The molecule has 0 spiro atoms. The quantitative estimate of drug-likeness (QED) is 0.329. The number of ether oxygens (including phenoxy) is 1. The van der Waals surface area contributed by atoms with E-state index >= 15 is 0 Å². The highest BCUT2D eigenvalue weighted by Crippen LogP contribution is 2.32. The standard InChI is InChI=1S/C18H18N4O3S2/c1-3-8-22-17(24)13(27-18(22)26)11-12-15(19-7-10-25-2)20-14-6-4-5-9-21(14)16(12)23/h3-6,9,11,19H,1,7-8,10H2,2H3. The van der Waals surface area contributed by atoms with Gasteiger partial charge in [-0.2, -0.15) is 0 Å². The van der Waals surface area contributed by atoms with Gasteiger partial charge in [0.2, 0.25) is 0 Å². The number of rotatable bonds is 7. The highest BCUT2D eigenvalue weighted by molar-refractivity contribution is 8.26. The van der Waals surface area contributed by atoms with Crippen molar-refractivity contribution in [1.29, 1.82) is 0 Å². The topological polar surface area (TPSA) is 75.9 Å². The normalized spacial score (nSPS) is 15.7. The van der Waals surface area contributed by atoms with Gasteiger partial charge in [-0.05, 0) is 18.2 Å². The van der Waals surface area contributed by atoms with Crippen LogP contribution in [-0.2, 0) is 9.53 Å². The van der Waals surface area contributed by atoms with Crippen molar-refractivity contribution in [2.75, 3.05) is 32.1 Å². The summed E-state index contributed by atoms with van der Waals surface area (Å²) in [5, 5.41) is 3.11. The predicted octanol–water partition coefficient (Wildman–Crippen LogP) is 2.14. The van der Waals surface area contributed by atoms with Gasteiger partial charge in [-0.25, -0.2) is 4.98 Å². The van der Waals surface area contributed by atoms with Crippen molar-refractivity contribution in [2.24, 2.45) is 0 Å². The first-order valence-electron chi connectivity index (χ1n) is 8.17. The Kier molecular flexibility index (Phi) is 6.04. The molecule has 1 N–H and O–H groups in total. The van der Waals surface area contributed by atoms with Gasteiger partial charge in [-0.15, -0.1) is 6.58 Å². The zero-order valence-corrected chi connectivity index (χ0v) is 16.3. The van der Waals surface area contributed by atoms with E-state index in [1.807, 2.05) is 0 Å². The monoisotopic (exact) mass is 402 g/mol. The van der Waals surface area contributed by atoms with Crippen LogP contribution < -0.4 is 10.9 Å². The second-order valence-electron chi connectivity index (χ2n) is 5.61. The number of nitrogens with zero attached hydrogens (tertiary/aromatic N) is 3. The van der Waals surface area contributed by atoms with Crippen molar-refractivity contribution in [3.63, 3.8) is 0 Å². The lowest BCUT2D eigenvalue weighted by molar-refractivity contribution is -0.121. The zero-order chi connectivity index (χ0) is 19.4. The van der Waals surface area contributed by atoms with E-state index < -0.39 is 0 Å². The van der Waals surface area contributed by atoms with Gasteiger partial charge in [0, 0.05) is 26.4 Å². The maximum Gasteiger partial charge on any atom is 0.267 e. The fourth-order valence-electron chi connectivity index (χ4n) is 2.56. The minimum absolute atomic E-state index is 0.245. The van der Waals surface area contributed by atoms with Crippen molar-refractivity contribution in [3.05, 3.63) is 57.9 Å². The Bertz CT molecular complexity index is 1000. The number of hydrogen-bond acceptors (Lipinski definition) is 7. The van der Waals surface area contributed by atoms with Gasteiger partial charge in [0.25, 0.3) is 11.5 Å². The number of thiocarbonyl (C=S) groups is 1. The second kappa shape index (κ2) is 8.47. The van der Waals surface area contributed by atoms with E-state index in [4.69, 9.17) is 17.0 Å². The largest absolute Gasteiger partial charge is 0.383 e. The summed E-state index contributed by atoms with van der Waals surface area (Å²) in [5.74, 6) is 0.155. The third-order valence-electron chi connectivity index (χ3n) is 3.83. The molecule has 0 unspecified atom stereocenters. The summed E-state index contributed by atoms with van der Waals surface area (Å²) in [7, 11) is 1.59. The van der Waals surface area contributed by atoms with Crippen LogP contribution in [0.4, 0.5) is 5.82 Å². The van der Waals surface area contributed by atoms with Gasteiger partial charge >= 0.3 is 0 Å². The summed E-state index contributed by atoms with van der Waals surface area (Å²) < 4.78 is 6.93. The number of amides is 1. The average molecular weight is 403 g/mol. The van der Waals surface area contributed by atoms with Crippen molar-refractivity contribution in [2.45, 2.75) is 0 Å². The smallest absolute Gasteiger partial charge is 0.267 e. The molecule has 0 radical (unpaired) electrons. The summed E-state index contributed by atoms with van der Waals surface area (Å²) in [4.78, 5) is 31.9. The molecule has 3 heterocycles. The molecule has 27 heavy (non-hydrogen) atoms. The lowest BCUT2D eigenvalue weighted by Gasteiger charge is -2.11. The van der Waals surface area contributed by atoms with Crippen LogP contribution in [0.1, 0.15) is 5.56 Å². The molecular weight excluding hydrogens is 384 g/mol. The highest BCUT2D eigenvalue weighted by Gasteiger charge is 2.31. The van der Waals surface area contributed by atoms with Gasteiger partial charge < -0.3 is 10.1 Å². The number of aromatic nitrogens is 2. The Morgan fingerprint density at radius 3 is 2.96 bits per heavy atom. The fourth-order valence-corrected chi connectivity index (χ4v) is 3.81. The van der Waals surface area contributed by atoms with Crippen LogP contribution in [-0.4, -0.2) is 51.3 Å². The first-order valence-corrected chi connectivity index (χ1v) is 9.39. The zero-order valence-electron chi connectivity index (χ0n) is 14.7. The Balaban J connectivity index is 2.09. The Morgan fingerprint density at radius 1 is 1.41 bits per heavy atom. The lowest BCUT2D eigenvalue weighted by Crippen LogP contribution is -2.28. The third kappa shape index (κ3) is 3.95. The Morgan fingerprint density at radius 2 is 2.22 bits per heavy atom. The number of carbonyl (C=O) groups is 1. The molecule has 0 saturated carbocycles. The minimum Gasteiger partial charge on any atom is -0.383 e. The van der Waals surface area contributed by atoms with Crippen LogP contribution >= 0.6 is 24.0 Å². The molecule has 2 aromatic heterocycles. The van der Waals surface area contributed by atoms with Crippen molar-refractivity contribution in [1.82, 2.24) is 14.3 Å². The van der Waals surface area contributed by atoms with Crippen LogP contribution in [0.3, 0.4) is 0 Å². The number of carbonyl (C=O) groups excluding carboxylic acids is 1. The second-order valence-corrected chi connectivity index (χ2v) is 7.28. The summed E-state index contributed by atoms with van der Waals surface area (Å²) in [6, 6.07) is 5.30. The molecule has 7 nitrogen and oxygen atoms in total. The van der Waals surface area contributed by atoms with E-state index in [1.54, 1.807) is 43.7 Å². The number of nitrogens with one attached hydrogen (secondary N) is 1. The van der Waals surface area contributed by atoms with E-state index in [2.05, 4.69) is 16.9 Å². The molecule has 140 valence electrons. The fraction of sp³-hybridized carbons (Fsp3) is 0.222. The Hall–Kier alpha value is -2.49. The number of pyridine rings is 1. The SMILES string of the molecule is C=CCN1C(=O)C(=Cc2c(NCCOC)nc3ccccn3c2=O)SC1=S. The maximum atomic E-state index is 13.0. The molecule has 1 amide bonds. The number of anilines is 1. The highest BCUT2D eigenvalue weighted by atomic mass is 32.2. The third-order valence-corrected chi connectivity index (χ3v) is 5.21. The summed E-state index contributed by atoms with van der Waals surface area (Å²) in [6.45, 7) is 4.90. The lowest BCUT2D eigenvalue weighted by atomic mass is 10.2. The van der Waals surface area contributed by atoms with Gasteiger partial charge in [-0.1, -0.05) is 36.1 Å². The predicted molar refractivity (Wildman–Crippen MR) is 112 cm³/mol. The molecule has 0 aromatic carbocycles. The van der Waals surface area contributed by atoms with Crippen LogP contribution in [0.2, 0.25) is 0 Å². The van der Waals surface area contributed by atoms with E-state index in [-0.39, 0.29) is 11.5 Å². The first kappa shape index (κ1) is 19.3. The van der Waals surface area contributed by atoms with Gasteiger partial charge in [0.05, 0.1) is 17.1 Å². The molecule has 0 aliphatic carbocycles. The molecule has 0 atom stereocenters. The number of fused-ring (bicyclic) bond motifs is 1. The number of thioether (sulfide) groups is 1. The van der Waals surface area contributed by atoms with E-state index in [0.29, 0.717) is 46.0 Å². The average Bonchev–Trinajstić information content (AvgIpc) is 2.93. The van der Waals surface area contributed by atoms with Gasteiger partial charge in [0.1, 0.15) is 15.8 Å². The molecule has 3 rings (SSSR count). The number of hydrogen-bond donors (Lipinski definition) is 1. The van der Waals surface area contributed by atoms with Crippen LogP contribution in [0.25, 0.3) is 11.7 Å². The maximum absolute atomic E-state index is 13.0. The van der Waals surface area contributed by atoms with Crippen LogP contribution in [0.5, 0.6) is 0 Å². The van der Waals surface area contributed by atoms with Crippen molar-refractivity contribution >= 4 is 51.7 Å². The summed E-state index contributed by atoms with van der Waals surface area (Å²) in [6.07, 6.45) is 4.80. The minimum atomic E-state index is -0.269. The molecule has 1 aliphatic heterocycles. The van der Waals surface area contributed by atoms with Gasteiger partial charge in [0.15, 0.2) is 0 Å². The van der Waals surface area contributed by atoms with E-state index in [0.717, 1.165) is 11.8 Å². The van der Waals surface area contributed by atoms with Gasteiger partial charge in [-0.3, -0.25) is 18.9 Å². The summed E-state index contributed by atoms with van der Waals surface area (Å²) in [5.41, 5.74) is 0.544. The molecule has 1 aliphatic rings. The molecule has 0 bridgehead atoms. The molecule has 1 fully saturated rings. The summed E-state index contributed by atoms with van der Waals surface area (Å²) >= 11 is 6.41. The molecule has 9 heteroatoms. The van der Waals surface area contributed by atoms with E-state index in [1.165, 1.54) is 9.30 Å².